The molecule has 2 heteroatoms. The van der Waals surface area contributed by atoms with Gasteiger partial charge >= 0.3 is 0 Å². The number of hydrogen-bond donors (Lipinski definition) is 1. The van der Waals surface area contributed by atoms with E-state index in [0.717, 1.165) is 5.56 Å². The van der Waals surface area contributed by atoms with Crippen LogP contribution in [0.3, 0.4) is 0 Å². The van der Waals surface area contributed by atoms with Gasteiger partial charge in [0.05, 0.1) is 6.10 Å². The molecule has 0 heterocycles. The van der Waals surface area contributed by atoms with Crippen LogP contribution in [0.15, 0.2) is 24.3 Å². The van der Waals surface area contributed by atoms with Gasteiger partial charge < -0.3 is 5.11 Å². The molecule has 0 fully saturated rings. The molecule has 1 aromatic carbocycles. The molecule has 0 aliphatic carbocycles. The van der Waals surface area contributed by atoms with Crippen LogP contribution in [0.1, 0.15) is 32.4 Å². The lowest BCUT2D eigenvalue weighted by atomic mass is 10.1. The fraction of sp³-hybridized carbons (Fsp3) is 0.400. The van der Waals surface area contributed by atoms with Gasteiger partial charge in [-0.05, 0) is 24.6 Å². The minimum absolute atomic E-state index is 0.274. The molecule has 0 aliphatic heterocycles. The van der Waals surface area contributed by atoms with Gasteiger partial charge in [-0.3, -0.25) is 0 Å². The maximum absolute atomic E-state index is 12.3. The van der Waals surface area contributed by atoms with Crippen molar-refractivity contribution >= 4 is 0 Å². The first-order valence-electron chi connectivity index (χ1n) is 4.13. The van der Waals surface area contributed by atoms with Gasteiger partial charge in [0.2, 0.25) is 0 Å². The summed E-state index contributed by atoms with van der Waals surface area (Å²) in [5, 5.41) is 8.99. The average molecular weight is 170 g/mol. The van der Waals surface area contributed by atoms with Crippen molar-refractivity contribution in [2.24, 2.45) is 0 Å². The van der Waals surface area contributed by atoms with Gasteiger partial charge in [-0.1, -0.05) is 26.0 Å². The molecule has 0 bridgehead atoms. The fourth-order valence-electron chi connectivity index (χ4n) is 0.741. The van der Waals surface area contributed by atoms with Crippen molar-refractivity contribution in [1.29, 1.82) is 0 Å². The Bertz CT molecular complexity index is 204. The zero-order valence-electron chi connectivity index (χ0n) is 7.71. The Balaban J connectivity index is 0.000000561. The van der Waals surface area contributed by atoms with Crippen LogP contribution in [0.4, 0.5) is 4.39 Å². The zero-order chi connectivity index (χ0) is 9.56. The fourth-order valence-corrected chi connectivity index (χ4v) is 0.741. The molecule has 1 atom stereocenters. The molecule has 0 saturated heterocycles. The second kappa shape index (κ2) is 5.72. The normalized spacial score (nSPS) is 11.4. The van der Waals surface area contributed by atoms with Gasteiger partial charge in [-0.25, -0.2) is 4.39 Å². The predicted molar refractivity (Wildman–Crippen MR) is 48.4 cm³/mol. The minimum Gasteiger partial charge on any atom is -0.389 e. The van der Waals surface area contributed by atoms with E-state index < -0.39 is 6.10 Å². The average Bonchev–Trinajstić information content (AvgIpc) is 2.09. The molecular formula is C10H15FO. The summed E-state index contributed by atoms with van der Waals surface area (Å²) in [5.41, 5.74) is 0.737. The van der Waals surface area contributed by atoms with Crippen LogP contribution in [-0.2, 0) is 0 Å². The molecule has 1 nitrogen and oxygen atoms in total. The molecule has 68 valence electrons. The van der Waals surface area contributed by atoms with Gasteiger partial charge in [0.1, 0.15) is 5.82 Å². The summed E-state index contributed by atoms with van der Waals surface area (Å²) < 4.78 is 12.3. The third-order valence-corrected chi connectivity index (χ3v) is 1.35. The van der Waals surface area contributed by atoms with E-state index in [2.05, 4.69) is 0 Å². The molecule has 1 aromatic rings. The van der Waals surface area contributed by atoms with E-state index in [0.29, 0.717) is 0 Å². The molecule has 0 aliphatic rings. The first kappa shape index (κ1) is 11.1. The van der Waals surface area contributed by atoms with Crippen LogP contribution in [0.2, 0.25) is 0 Å². The number of rotatable bonds is 1. The van der Waals surface area contributed by atoms with Crippen molar-refractivity contribution in [2.45, 2.75) is 26.9 Å². The third kappa shape index (κ3) is 3.49. The van der Waals surface area contributed by atoms with Gasteiger partial charge in [-0.2, -0.15) is 0 Å². The van der Waals surface area contributed by atoms with Crippen LogP contribution in [0.25, 0.3) is 0 Å². The van der Waals surface area contributed by atoms with Gasteiger partial charge in [-0.15, -0.1) is 0 Å². The monoisotopic (exact) mass is 170 g/mol. The Morgan fingerprint density at radius 1 is 1.17 bits per heavy atom. The number of halogens is 1. The first-order chi connectivity index (χ1) is 5.70. The Labute approximate surface area is 72.9 Å². The number of aliphatic hydroxyl groups excluding tert-OH is 1. The lowest BCUT2D eigenvalue weighted by molar-refractivity contribution is 0.199. The van der Waals surface area contributed by atoms with E-state index in [4.69, 9.17) is 5.11 Å². The molecule has 0 unspecified atom stereocenters. The van der Waals surface area contributed by atoms with E-state index in [-0.39, 0.29) is 5.82 Å². The molecule has 1 N–H and O–H groups in total. The number of benzene rings is 1. The van der Waals surface area contributed by atoms with Gasteiger partial charge in [0.15, 0.2) is 0 Å². The summed E-state index contributed by atoms with van der Waals surface area (Å²) in [6.45, 7) is 5.65. The standard InChI is InChI=1S/C8H9FO.C2H6/c1-6(10)7-2-4-8(9)5-3-7;1-2/h2-6,10H,1H3;1-2H3/t6-;/m1./s1. The Kier molecular flexibility index (Phi) is 5.30. The summed E-state index contributed by atoms with van der Waals surface area (Å²) in [6.07, 6.45) is -0.513. The van der Waals surface area contributed by atoms with Gasteiger partial charge in [0, 0.05) is 0 Å². The predicted octanol–water partition coefficient (Wildman–Crippen LogP) is 2.91. The third-order valence-electron chi connectivity index (χ3n) is 1.35. The summed E-state index contributed by atoms with van der Waals surface area (Å²) in [5.74, 6) is -0.274. The van der Waals surface area contributed by atoms with Gasteiger partial charge in [0.25, 0.3) is 0 Å². The highest BCUT2D eigenvalue weighted by Gasteiger charge is 1.98. The largest absolute Gasteiger partial charge is 0.389 e. The van der Waals surface area contributed by atoms with Crippen LogP contribution in [0.5, 0.6) is 0 Å². The maximum atomic E-state index is 12.3. The van der Waals surface area contributed by atoms with Crippen molar-refractivity contribution in [3.05, 3.63) is 35.6 Å². The zero-order valence-corrected chi connectivity index (χ0v) is 7.71. The topological polar surface area (TPSA) is 20.2 Å². The number of aliphatic hydroxyl groups is 1. The van der Waals surface area contributed by atoms with Crippen molar-refractivity contribution in [1.82, 2.24) is 0 Å². The minimum atomic E-state index is -0.513. The van der Waals surface area contributed by atoms with Crippen LogP contribution in [-0.4, -0.2) is 5.11 Å². The smallest absolute Gasteiger partial charge is 0.123 e. The van der Waals surface area contributed by atoms with E-state index in [1.165, 1.54) is 12.1 Å². The van der Waals surface area contributed by atoms with Crippen molar-refractivity contribution < 1.29 is 9.50 Å². The van der Waals surface area contributed by atoms with E-state index >= 15 is 0 Å². The van der Waals surface area contributed by atoms with E-state index in [1.807, 2.05) is 13.8 Å². The van der Waals surface area contributed by atoms with Crippen LogP contribution >= 0.6 is 0 Å². The molecule has 0 amide bonds. The highest BCUT2D eigenvalue weighted by atomic mass is 19.1. The van der Waals surface area contributed by atoms with E-state index in [9.17, 15) is 4.39 Å². The maximum Gasteiger partial charge on any atom is 0.123 e. The summed E-state index contributed by atoms with van der Waals surface area (Å²) >= 11 is 0. The SMILES string of the molecule is CC.C[C@@H](O)c1ccc(F)cc1. The van der Waals surface area contributed by atoms with Crippen molar-refractivity contribution in [3.8, 4) is 0 Å². The van der Waals surface area contributed by atoms with Crippen molar-refractivity contribution in [2.75, 3.05) is 0 Å². The second-order valence-corrected chi connectivity index (χ2v) is 2.23. The summed E-state index contributed by atoms with van der Waals surface area (Å²) in [4.78, 5) is 0. The summed E-state index contributed by atoms with van der Waals surface area (Å²) in [7, 11) is 0. The highest BCUT2D eigenvalue weighted by molar-refractivity contribution is 5.17. The quantitative estimate of drug-likeness (QED) is 0.687. The van der Waals surface area contributed by atoms with Crippen LogP contribution in [0, 0.1) is 5.82 Å². The molecule has 1 rings (SSSR count). The highest BCUT2D eigenvalue weighted by Crippen LogP contribution is 2.11. The molecule has 0 saturated carbocycles. The second-order valence-electron chi connectivity index (χ2n) is 2.23. The van der Waals surface area contributed by atoms with Crippen molar-refractivity contribution in [3.63, 3.8) is 0 Å². The Hall–Kier alpha value is -0.890. The lowest BCUT2D eigenvalue weighted by Crippen LogP contribution is -1.89. The van der Waals surface area contributed by atoms with E-state index in [1.54, 1.807) is 19.1 Å². The lowest BCUT2D eigenvalue weighted by Gasteiger charge is -2.01. The molecular weight excluding hydrogens is 155 g/mol. The van der Waals surface area contributed by atoms with Crippen LogP contribution < -0.4 is 0 Å². The summed E-state index contributed by atoms with van der Waals surface area (Å²) in [6, 6.07) is 5.81. The molecule has 0 radical (unpaired) electrons. The Morgan fingerprint density at radius 3 is 1.92 bits per heavy atom. The first-order valence-corrected chi connectivity index (χ1v) is 4.13. The molecule has 0 aromatic heterocycles. The molecule has 12 heavy (non-hydrogen) atoms. The Morgan fingerprint density at radius 2 is 1.58 bits per heavy atom. The number of hydrogen-bond acceptors (Lipinski definition) is 1. The molecule has 0 spiro atoms.